The van der Waals surface area contributed by atoms with E-state index in [2.05, 4.69) is 61.3 Å². The molecule has 2 aliphatic heterocycles. The number of rotatable bonds is 3. The average Bonchev–Trinajstić information content (AvgIpc) is 3.02. The van der Waals surface area contributed by atoms with E-state index in [4.69, 9.17) is 4.74 Å². The molecule has 0 saturated carbocycles. The first kappa shape index (κ1) is 15.0. The second-order valence-corrected chi connectivity index (χ2v) is 7.04. The maximum Gasteiger partial charge on any atom is 0.0623 e. The molecule has 3 unspecified atom stereocenters. The van der Waals surface area contributed by atoms with Gasteiger partial charge < -0.3 is 10.1 Å². The number of hydrogen-bond donors (Lipinski definition) is 1. The lowest BCUT2D eigenvalue weighted by Gasteiger charge is -2.51. The SMILES string of the molecule is CC(C)C1CN(C2CCOC2)C(C)(c2ccccc2)CN1. The van der Waals surface area contributed by atoms with E-state index in [9.17, 15) is 0 Å². The van der Waals surface area contributed by atoms with Crippen LogP contribution < -0.4 is 5.32 Å². The van der Waals surface area contributed by atoms with Crippen LogP contribution in [0.15, 0.2) is 30.3 Å². The van der Waals surface area contributed by atoms with Crippen LogP contribution in [0.5, 0.6) is 0 Å². The van der Waals surface area contributed by atoms with Crippen molar-refractivity contribution in [2.75, 3.05) is 26.3 Å². The molecule has 2 aliphatic rings. The van der Waals surface area contributed by atoms with Gasteiger partial charge in [-0.25, -0.2) is 0 Å². The van der Waals surface area contributed by atoms with E-state index in [1.165, 1.54) is 5.56 Å². The molecule has 3 atom stereocenters. The average molecular weight is 288 g/mol. The van der Waals surface area contributed by atoms with Gasteiger partial charge in [-0.05, 0) is 24.8 Å². The number of benzene rings is 1. The molecule has 0 aromatic heterocycles. The fourth-order valence-corrected chi connectivity index (χ4v) is 3.74. The largest absolute Gasteiger partial charge is 0.380 e. The van der Waals surface area contributed by atoms with E-state index < -0.39 is 0 Å². The van der Waals surface area contributed by atoms with Gasteiger partial charge in [-0.1, -0.05) is 44.2 Å². The van der Waals surface area contributed by atoms with Crippen LogP contribution in [0.25, 0.3) is 0 Å². The number of nitrogens with one attached hydrogen (secondary N) is 1. The van der Waals surface area contributed by atoms with Crippen molar-refractivity contribution in [1.29, 1.82) is 0 Å². The molecule has 3 heteroatoms. The molecule has 116 valence electrons. The van der Waals surface area contributed by atoms with Crippen LogP contribution in [0, 0.1) is 5.92 Å². The van der Waals surface area contributed by atoms with Gasteiger partial charge in [0, 0.05) is 31.8 Å². The van der Waals surface area contributed by atoms with E-state index >= 15 is 0 Å². The van der Waals surface area contributed by atoms with Crippen LogP contribution in [0.3, 0.4) is 0 Å². The monoisotopic (exact) mass is 288 g/mol. The van der Waals surface area contributed by atoms with E-state index in [1.807, 2.05) is 0 Å². The van der Waals surface area contributed by atoms with E-state index in [-0.39, 0.29) is 5.54 Å². The highest BCUT2D eigenvalue weighted by Gasteiger charge is 2.43. The Balaban J connectivity index is 1.90. The molecule has 1 aromatic rings. The van der Waals surface area contributed by atoms with Crippen molar-refractivity contribution < 1.29 is 4.74 Å². The van der Waals surface area contributed by atoms with Crippen LogP contribution in [-0.2, 0) is 10.3 Å². The van der Waals surface area contributed by atoms with Crippen LogP contribution in [0.2, 0.25) is 0 Å². The molecule has 2 heterocycles. The highest BCUT2D eigenvalue weighted by molar-refractivity contribution is 5.26. The lowest BCUT2D eigenvalue weighted by molar-refractivity contribution is -0.00211. The Labute approximate surface area is 128 Å². The van der Waals surface area contributed by atoms with Crippen LogP contribution in [-0.4, -0.2) is 43.3 Å². The molecule has 3 nitrogen and oxygen atoms in total. The third-order valence-electron chi connectivity index (χ3n) is 5.28. The van der Waals surface area contributed by atoms with Crippen molar-refractivity contribution in [3.8, 4) is 0 Å². The zero-order valence-corrected chi connectivity index (χ0v) is 13.5. The smallest absolute Gasteiger partial charge is 0.0623 e. The summed E-state index contributed by atoms with van der Waals surface area (Å²) in [4.78, 5) is 2.70. The van der Waals surface area contributed by atoms with Crippen molar-refractivity contribution in [2.45, 2.75) is 44.8 Å². The summed E-state index contributed by atoms with van der Waals surface area (Å²) in [6.45, 7) is 10.9. The fraction of sp³-hybridized carbons (Fsp3) is 0.667. The summed E-state index contributed by atoms with van der Waals surface area (Å²) in [5, 5.41) is 3.78. The molecule has 0 amide bonds. The van der Waals surface area contributed by atoms with Gasteiger partial charge in [0.25, 0.3) is 0 Å². The van der Waals surface area contributed by atoms with Crippen LogP contribution in [0.1, 0.15) is 32.8 Å². The van der Waals surface area contributed by atoms with Gasteiger partial charge >= 0.3 is 0 Å². The summed E-state index contributed by atoms with van der Waals surface area (Å²) in [6.07, 6.45) is 1.16. The lowest BCUT2D eigenvalue weighted by Crippen LogP contribution is -2.65. The topological polar surface area (TPSA) is 24.5 Å². The quantitative estimate of drug-likeness (QED) is 0.925. The predicted octanol–water partition coefficient (Wildman–Crippen LogP) is 2.62. The maximum atomic E-state index is 5.67. The van der Waals surface area contributed by atoms with Gasteiger partial charge in [0.15, 0.2) is 0 Å². The van der Waals surface area contributed by atoms with Crippen molar-refractivity contribution >= 4 is 0 Å². The normalized spacial score (nSPS) is 34.5. The van der Waals surface area contributed by atoms with Crippen LogP contribution >= 0.6 is 0 Å². The van der Waals surface area contributed by atoms with E-state index in [1.54, 1.807) is 0 Å². The highest BCUT2D eigenvalue weighted by atomic mass is 16.5. The first-order valence-electron chi connectivity index (χ1n) is 8.24. The maximum absolute atomic E-state index is 5.67. The molecule has 2 saturated heterocycles. The highest BCUT2D eigenvalue weighted by Crippen LogP contribution is 2.35. The number of ether oxygens (including phenoxy) is 1. The van der Waals surface area contributed by atoms with Crippen molar-refractivity contribution in [3.63, 3.8) is 0 Å². The van der Waals surface area contributed by atoms with Gasteiger partial charge in [-0.2, -0.15) is 0 Å². The lowest BCUT2D eigenvalue weighted by atomic mass is 9.84. The third-order valence-corrected chi connectivity index (χ3v) is 5.28. The van der Waals surface area contributed by atoms with Gasteiger partial charge in [0.2, 0.25) is 0 Å². The molecule has 1 aromatic carbocycles. The zero-order valence-electron chi connectivity index (χ0n) is 13.5. The van der Waals surface area contributed by atoms with Gasteiger partial charge in [-0.15, -0.1) is 0 Å². The predicted molar refractivity (Wildman–Crippen MR) is 86.4 cm³/mol. The Morgan fingerprint density at radius 1 is 1.29 bits per heavy atom. The standard InChI is InChI=1S/C18H28N2O/c1-14(2)17-11-20(16-9-10-21-12-16)18(3,13-19-17)15-7-5-4-6-8-15/h4-8,14,16-17,19H,9-13H2,1-3H3. The minimum absolute atomic E-state index is 0.0605. The van der Waals surface area contributed by atoms with Gasteiger partial charge in [0.1, 0.15) is 0 Å². The Bertz CT molecular complexity index is 456. The second-order valence-electron chi connectivity index (χ2n) is 7.04. The fourth-order valence-electron chi connectivity index (χ4n) is 3.74. The van der Waals surface area contributed by atoms with E-state index in [0.29, 0.717) is 18.0 Å². The summed E-state index contributed by atoms with van der Waals surface area (Å²) in [5.41, 5.74) is 1.47. The molecule has 3 rings (SSSR count). The molecule has 0 bridgehead atoms. The Morgan fingerprint density at radius 2 is 2.05 bits per heavy atom. The minimum Gasteiger partial charge on any atom is -0.380 e. The molecule has 0 spiro atoms. The molecular weight excluding hydrogens is 260 g/mol. The van der Waals surface area contributed by atoms with Crippen molar-refractivity contribution in [2.24, 2.45) is 5.92 Å². The number of piperazine rings is 1. The first-order valence-corrected chi connectivity index (χ1v) is 8.24. The van der Waals surface area contributed by atoms with Gasteiger partial charge in [-0.3, -0.25) is 4.90 Å². The summed E-state index contributed by atoms with van der Waals surface area (Å²) in [5.74, 6) is 0.662. The first-order chi connectivity index (χ1) is 10.1. The molecule has 0 aliphatic carbocycles. The Morgan fingerprint density at radius 3 is 2.67 bits per heavy atom. The summed E-state index contributed by atoms with van der Waals surface area (Å²) >= 11 is 0. The molecule has 1 N–H and O–H groups in total. The minimum atomic E-state index is 0.0605. The van der Waals surface area contributed by atoms with Crippen molar-refractivity contribution in [3.05, 3.63) is 35.9 Å². The van der Waals surface area contributed by atoms with Gasteiger partial charge in [0.05, 0.1) is 12.1 Å². The number of hydrogen-bond acceptors (Lipinski definition) is 3. The summed E-state index contributed by atoms with van der Waals surface area (Å²) in [7, 11) is 0. The van der Waals surface area contributed by atoms with Crippen molar-refractivity contribution in [1.82, 2.24) is 10.2 Å². The molecular formula is C18H28N2O. The van der Waals surface area contributed by atoms with E-state index in [0.717, 1.165) is 32.7 Å². The second kappa shape index (κ2) is 6.07. The molecule has 0 radical (unpaired) electrons. The Kier molecular flexibility index (Phi) is 4.34. The third kappa shape index (κ3) is 2.87. The molecule has 21 heavy (non-hydrogen) atoms. The Hall–Kier alpha value is -0.900. The molecule has 2 fully saturated rings. The number of nitrogens with zero attached hydrogens (tertiary/aromatic N) is 1. The summed E-state index contributed by atoms with van der Waals surface area (Å²) < 4.78 is 5.67. The summed E-state index contributed by atoms with van der Waals surface area (Å²) in [6, 6.07) is 12.1. The zero-order chi connectivity index (χ0) is 14.9. The van der Waals surface area contributed by atoms with Crippen LogP contribution in [0.4, 0.5) is 0 Å².